The van der Waals surface area contributed by atoms with Crippen molar-refractivity contribution in [1.82, 2.24) is 9.97 Å². The third kappa shape index (κ3) is 3.30. The standard InChI is InChI=1S/C15H16N4O3/c20-19(21)13-7-8-14(18-15(13)17-11-5-3-6-11)22-10-12-4-1-2-9-16-12/h1-2,4,7-9,11H,3,5-6,10H2,(H,17,18). The van der Waals surface area contributed by atoms with Crippen molar-refractivity contribution in [3.8, 4) is 5.88 Å². The van der Waals surface area contributed by atoms with Crippen LogP contribution in [-0.4, -0.2) is 20.9 Å². The fourth-order valence-corrected chi connectivity index (χ4v) is 2.15. The van der Waals surface area contributed by atoms with E-state index in [1.54, 1.807) is 6.20 Å². The van der Waals surface area contributed by atoms with E-state index in [2.05, 4.69) is 15.3 Å². The molecule has 0 radical (unpaired) electrons. The first-order chi connectivity index (χ1) is 10.7. The minimum Gasteiger partial charge on any atom is -0.471 e. The monoisotopic (exact) mass is 300 g/mol. The molecule has 2 aromatic heterocycles. The summed E-state index contributed by atoms with van der Waals surface area (Å²) in [7, 11) is 0. The summed E-state index contributed by atoms with van der Waals surface area (Å²) in [6.07, 6.45) is 4.85. The van der Waals surface area contributed by atoms with Crippen LogP contribution in [0, 0.1) is 10.1 Å². The van der Waals surface area contributed by atoms with Crippen LogP contribution in [0.4, 0.5) is 11.5 Å². The van der Waals surface area contributed by atoms with E-state index >= 15 is 0 Å². The van der Waals surface area contributed by atoms with E-state index in [0.29, 0.717) is 5.88 Å². The zero-order chi connectivity index (χ0) is 15.4. The summed E-state index contributed by atoms with van der Waals surface area (Å²) >= 11 is 0. The topological polar surface area (TPSA) is 90.2 Å². The predicted octanol–water partition coefficient (Wildman–Crippen LogP) is 2.93. The molecule has 2 heterocycles. The highest BCUT2D eigenvalue weighted by Gasteiger charge is 2.23. The fourth-order valence-electron chi connectivity index (χ4n) is 2.15. The van der Waals surface area contributed by atoms with Gasteiger partial charge in [0.2, 0.25) is 11.7 Å². The molecule has 3 rings (SSSR count). The highest BCUT2D eigenvalue weighted by molar-refractivity contribution is 5.57. The van der Waals surface area contributed by atoms with Crippen LogP contribution in [0.25, 0.3) is 0 Å². The van der Waals surface area contributed by atoms with Crippen molar-refractivity contribution in [3.05, 3.63) is 52.3 Å². The van der Waals surface area contributed by atoms with Gasteiger partial charge >= 0.3 is 5.69 Å². The van der Waals surface area contributed by atoms with Crippen molar-refractivity contribution in [1.29, 1.82) is 0 Å². The minimum atomic E-state index is -0.434. The molecule has 0 atom stereocenters. The van der Waals surface area contributed by atoms with Gasteiger partial charge in [-0.25, -0.2) is 0 Å². The van der Waals surface area contributed by atoms with Gasteiger partial charge in [-0.2, -0.15) is 4.98 Å². The first-order valence-electron chi connectivity index (χ1n) is 7.17. The Kier molecular flexibility index (Phi) is 4.13. The van der Waals surface area contributed by atoms with Crippen molar-refractivity contribution in [2.24, 2.45) is 0 Å². The van der Waals surface area contributed by atoms with E-state index in [0.717, 1.165) is 25.0 Å². The molecule has 1 fully saturated rings. The van der Waals surface area contributed by atoms with E-state index in [1.165, 1.54) is 12.1 Å². The maximum absolute atomic E-state index is 11.1. The summed E-state index contributed by atoms with van der Waals surface area (Å²) in [6, 6.07) is 8.73. The fraction of sp³-hybridized carbons (Fsp3) is 0.333. The average Bonchev–Trinajstić information content (AvgIpc) is 2.50. The van der Waals surface area contributed by atoms with E-state index < -0.39 is 4.92 Å². The Morgan fingerprint density at radius 3 is 2.82 bits per heavy atom. The maximum Gasteiger partial charge on any atom is 0.311 e. The molecular weight excluding hydrogens is 284 g/mol. The van der Waals surface area contributed by atoms with Crippen molar-refractivity contribution in [3.63, 3.8) is 0 Å². The molecule has 1 aliphatic rings. The van der Waals surface area contributed by atoms with Gasteiger partial charge in [-0.1, -0.05) is 6.07 Å². The molecule has 1 N–H and O–H groups in total. The number of nitrogens with one attached hydrogen (secondary N) is 1. The summed E-state index contributed by atoms with van der Waals surface area (Å²) in [5.41, 5.74) is 0.744. The Hall–Kier alpha value is -2.70. The minimum absolute atomic E-state index is 0.0305. The first kappa shape index (κ1) is 14.2. The summed E-state index contributed by atoms with van der Waals surface area (Å²) in [6.45, 7) is 0.272. The Morgan fingerprint density at radius 1 is 1.32 bits per heavy atom. The van der Waals surface area contributed by atoms with Gasteiger partial charge in [0, 0.05) is 24.4 Å². The largest absolute Gasteiger partial charge is 0.471 e. The predicted molar refractivity (Wildman–Crippen MR) is 80.7 cm³/mol. The Balaban J connectivity index is 1.73. The van der Waals surface area contributed by atoms with E-state index in [1.807, 2.05) is 18.2 Å². The van der Waals surface area contributed by atoms with Crippen LogP contribution in [0.2, 0.25) is 0 Å². The number of anilines is 1. The number of pyridine rings is 2. The molecule has 0 bridgehead atoms. The molecule has 7 heteroatoms. The molecule has 0 saturated heterocycles. The van der Waals surface area contributed by atoms with Gasteiger partial charge in [-0.15, -0.1) is 0 Å². The zero-order valence-corrected chi connectivity index (χ0v) is 11.9. The van der Waals surface area contributed by atoms with Crippen LogP contribution in [0.15, 0.2) is 36.5 Å². The van der Waals surface area contributed by atoms with Gasteiger partial charge in [0.15, 0.2) is 0 Å². The van der Waals surface area contributed by atoms with Gasteiger partial charge in [-0.3, -0.25) is 15.1 Å². The first-order valence-corrected chi connectivity index (χ1v) is 7.17. The van der Waals surface area contributed by atoms with Crippen LogP contribution >= 0.6 is 0 Å². The normalized spacial score (nSPS) is 14.2. The highest BCUT2D eigenvalue weighted by atomic mass is 16.6. The molecular formula is C15H16N4O3. The second-order valence-corrected chi connectivity index (χ2v) is 5.16. The Bertz CT molecular complexity index is 659. The summed E-state index contributed by atoms with van der Waals surface area (Å²) < 4.78 is 5.56. The van der Waals surface area contributed by atoms with Crippen molar-refractivity contribution < 1.29 is 9.66 Å². The molecule has 7 nitrogen and oxygen atoms in total. The highest BCUT2D eigenvalue weighted by Crippen LogP contribution is 2.29. The second-order valence-electron chi connectivity index (χ2n) is 5.16. The lowest BCUT2D eigenvalue weighted by Gasteiger charge is -2.26. The number of nitrogens with zero attached hydrogens (tertiary/aromatic N) is 3. The lowest BCUT2D eigenvalue weighted by molar-refractivity contribution is -0.384. The van der Waals surface area contributed by atoms with Crippen molar-refractivity contribution >= 4 is 11.5 Å². The number of ether oxygens (including phenoxy) is 1. The Labute approximate surface area is 127 Å². The van der Waals surface area contributed by atoms with Crippen LogP contribution in [-0.2, 0) is 6.61 Å². The van der Waals surface area contributed by atoms with E-state index in [9.17, 15) is 10.1 Å². The maximum atomic E-state index is 11.1. The molecule has 0 aliphatic heterocycles. The number of aromatic nitrogens is 2. The second kappa shape index (κ2) is 6.38. The molecule has 114 valence electrons. The molecule has 2 aromatic rings. The number of hydrogen-bond acceptors (Lipinski definition) is 6. The van der Waals surface area contributed by atoms with Crippen LogP contribution in [0.1, 0.15) is 25.0 Å². The third-order valence-corrected chi connectivity index (χ3v) is 3.59. The van der Waals surface area contributed by atoms with Crippen molar-refractivity contribution in [2.45, 2.75) is 31.9 Å². The van der Waals surface area contributed by atoms with Crippen molar-refractivity contribution in [2.75, 3.05) is 5.32 Å². The lowest BCUT2D eigenvalue weighted by atomic mass is 9.93. The third-order valence-electron chi connectivity index (χ3n) is 3.59. The van der Waals surface area contributed by atoms with Gasteiger partial charge in [0.1, 0.15) is 6.61 Å². The summed E-state index contributed by atoms with van der Waals surface area (Å²) in [4.78, 5) is 19.0. The molecule has 1 aliphatic carbocycles. The van der Waals surface area contributed by atoms with Gasteiger partial charge in [0.25, 0.3) is 0 Å². The molecule has 1 saturated carbocycles. The molecule has 22 heavy (non-hydrogen) atoms. The quantitative estimate of drug-likeness (QED) is 0.651. The van der Waals surface area contributed by atoms with Crippen LogP contribution in [0.3, 0.4) is 0 Å². The SMILES string of the molecule is O=[N+]([O-])c1ccc(OCc2ccccn2)nc1NC1CCC1. The average molecular weight is 300 g/mol. The molecule has 0 spiro atoms. The van der Waals surface area contributed by atoms with Crippen LogP contribution < -0.4 is 10.1 Å². The number of hydrogen-bond donors (Lipinski definition) is 1. The van der Waals surface area contributed by atoms with E-state index in [4.69, 9.17) is 4.74 Å². The van der Waals surface area contributed by atoms with Crippen LogP contribution in [0.5, 0.6) is 5.88 Å². The molecule has 0 aromatic carbocycles. The van der Waals surface area contributed by atoms with E-state index in [-0.39, 0.29) is 24.2 Å². The summed E-state index contributed by atoms with van der Waals surface area (Å²) in [5.74, 6) is 0.617. The number of nitro groups is 1. The number of rotatable bonds is 6. The van der Waals surface area contributed by atoms with Gasteiger partial charge in [-0.05, 0) is 31.4 Å². The molecule has 0 amide bonds. The summed E-state index contributed by atoms with van der Waals surface area (Å²) in [5, 5.41) is 14.2. The zero-order valence-electron chi connectivity index (χ0n) is 11.9. The molecule has 0 unspecified atom stereocenters. The van der Waals surface area contributed by atoms with Gasteiger partial charge in [0.05, 0.1) is 10.6 Å². The smallest absolute Gasteiger partial charge is 0.311 e. The lowest BCUT2D eigenvalue weighted by Crippen LogP contribution is -2.27. The Morgan fingerprint density at radius 2 is 2.18 bits per heavy atom. The van der Waals surface area contributed by atoms with Gasteiger partial charge < -0.3 is 10.1 Å².